The lowest BCUT2D eigenvalue weighted by Gasteiger charge is -1.97. The molecule has 0 aromatic carbocycles. The molecule has 0 saturated heterocycles. The molecule has 0 aliphatic rings. The fourth-order valence-electron chi connectivity index (χ4n) is 0.847. The highest BCUT2D eigenvalue weighted by atomic mass is 79.9. The Kier molecular flexibility index (Phi) is 3.73. The second-order valence-electron chi connectivity index (χ2n) is 2.33. The van der Waals surface area contributed by atoms with Gasteiger partial charge in [0.05, 0.1) is 0 Å². The molecule has 0 unspecified atom stereocenters. The quantitative estimate of drug-likeness (QED) is 0.490. The number of nitrogens with zero attached hydrogens (tertiary/aromatic N) is 2. The lowest BCUT2D eigenvalue weighted by Crippen LogP contribution is -1.91. The summed E-state index contributed by atoms with van der Waals surface area (Å²) >= 11 is 3.12. The Hall–Kier alpha value is -0.900. The van der Waals surface area contributed by atoms with Crippen LogP contribution in [0.1, 0.15) is 12.0 Å². The van der Waals surface area contributed by atoms with Crippen molar-refractivity contribution in [3.8, 4) is 0 Å². The van der Waals surface area contributed by atoms with Gasteiger partial charge in [-0.1, -0.05) is 5.16 Å². The van der Waals surface area contributed by atoms with E-state index in [4.69, 9.17) is 5.21 Å². The number of rotatable bonds is 3. The van der Waals surface area contributed by atoms with Crippen LogP contribution in [0.3, 0.4) is 0 Å². The van der Waals surface area contributed by atoms with Crippen molar-refractivity contribution >= 4 is 20.6 Å². The molecule has 0 fully saturated rings. The van der Waals surface area contributed by atoms with Gasteiger partial charge in [-0.25, -0.2) is 0 Å². The van der Waals surface area contributed by atoms with Gasteiger partial charge in [0, 0.05) is 18.8 Å². The summed E-state index contributed by atoms with van der Waals surface area (Å²) in [5.74, 6) is 0. The first-order valence-electron chi connectivity index (χ1n) is 3.58. The Balaban J connectivity index is 2.44. The molecule has 0 saturated carbocycles. The van der Waals surface area contributed by atoms with Crippen molar-refractivity contribution in [2.75, 3.05) is 0 Å². The summed E-state index contributed by atoms with van der Waals surface area (Å²) < 4.78 is 0.569. The van der Waals surface area contributed by atoms with Crippen LogP contribution in [0.5, 0.6) is 0 Å². The van der Waals surface area contributed by atoms with Crippen LogP contribution in [-0.2, 0) is 6.42 Å². The maximum Gasteiger partial charge on any atom is 0.122 e. The van der Waals surface area contributed by atoms with Gasteiger partial charge < -0.3 is 5.21 Å². The van der Waals surface area contributed by atoms with Crippen LogP contribution < -0.4 is 0 Å². The topological polar surface area (TPSA) is 45.5 Å². The normalized spacial score (nSPS) is 11.6. The molecule has 1 rings (SSSR count). The maximum atomic E-state index is 8.34. The lowest BCUT2D eigenvalue weighted by molar-refractivity contribution is 0.319. The highest BCUT2D eigenvalue weighted by molar-refractivity contribution is 9.18. The molecule has 0 aliphatic heterocycles. The Labute approximate surface area is 79.3 Å². The number of hydrogen-bond acceptors (Lipinski definition) is 3. The molecule has 1 heterocycles. The van der Waals surface area contributed by atoms with Crippen LogP contribution in [0.25, 0.3) is 0 Å². The minimum absolute atomic E-state index is 0.569. The average molecular weight is 229 g/mol. The zero-order valence-electron chi connectivity index (χ0n) is 6.44. The number of pyridine rings is 1. The van der Waals surface area contributed by atoms with Gasteiger partial charge in [-0.3, -0.25) is 4.98 Å². The summed E-state index contributed by atoms with van der Waals surface area (Å²) in [5.41, 5.74) is 1.19. The molecule has 12 heavy (non-hydrogen) atoms. The van der Waals surface area contributed by atoms with Crippen LogP contribution >= 0.6 is 15.9 Å². The first kappa shape index (κ1) is 9.19. The zero-order chi connectivity index (χ0) is 8.81. The Bertz CT molecular complexity index is 261. The standard InChI is InChI=1S/C8H9BrN2O/c9-8(11-12)2-1-7-3-5-10-6-4-7/h3-6,12H,1-2H2/b11-8+. The fraction of sp³-hybridized carbons (Fsp3) is 0.250. The maximum absolute atomic E-state index is 8.34. The van der Waals surface area contributed by atoms with Gasteiger partial charge in [0.2, 0.25) is 0 Å². The van der Waals surface area contributed by atoms with E-state index in [-0.39, 0.29) is 0 Å². The zero-order valence-corrected chi connectivity index (χ0v) is 8.03. The van der Waals surface area contributed by atoms with E-state index < -0.39 is 0 Å². The van der Waals surface area contributed by atoms with Gasteiger partial charge in [0.15, 0.2) is 0 Å². The molecule has 0 amide bonds. The second-order valence-corrected chi connectivity index (χ2v) is 3.25. The predicted molar refractivity (Wildman–Crippen MR) is 50.7 cm³/mol. The van der Waals surface area contributed by atoms with Crippen LogP contribution in [0.2, 0.25) is 0 Å². The number of hydrogen-bond donors (Lipinski definition) is 1. The smallest absolute Gasteiger partial charge is 0.122 e. The SMILES string of the molecule is O/N=C(/Br)CCc1ccncc1. The van der Waals surface area contributed by atoms with Crippen LogP contribution in [-0.4, -0.2) is 14.8 Å². The summed E-state index contributed by atoms with van der Waals surface area (Å²) in [6, 6.07) is 3.88. The summed E-state index contributed by atoms with van der Waals surface area (Å²) in [5, 5.41) is 11.4. The van der Waals surface area contributed by atoms with E-state index in [0.29, 0.717) is 11.0 Å². The molecule has 4 heteroatoms. The van der Waals surface area contributed by atoms with E-state index in [1.807, 2.05) is 12.1 Å². The van der Waals surface area contributed by atoms with Crippen molar-refractivity contribution < 1.29 is 5.21 Å². The molecule has 64 valence electrons. The average Bonchev–Trinajstić information content (AvgIpc) is 2.16. The van der Waals surface area contributed by atoms with E-state index in [9.17, 15) is 0 Å². The number of oxime groups is 1. The van der Waals surface area contributed by atoms with Gasteiger partial charge in [-0.2, -0.15) is 0 Å². The van der Waals surface area contributed by atoms with Crippen LogP contribution in [0.15, 0.2) is 29.7 Å². The minimum Gasteiger partial charge on any atom is -0.410 e. The fourth-order valence-corrected chi connectivity index (χ4v) is 1.05. The van der Waals surface area contributed by atoms with Gasteiger partial charge in [-0.05, 0) is 40.0 Å². The third kappa shape index (κ3) is 3.00. The summed E-state index contributed by atoms with van der Waals surface area (Å²) in [4.78, 5) is 3.90. The second kappa shape index (κ2) is 4.87. The molecule has 0 spiro atoms. The molecule has 0 aliphatic carbocycles. The van der Waals surface area contributed by atoms with Crippen molar-refractivity contribution in [1.82, 2.24) is 4.98 Å². The molecule has 0 bridgehead atoms. The lowest BCUT2D eigenvalue weighted by atomic mass is 10.1. The minimum atomic E-state index is 0.569. The number of halogens is 1. The summed E-state index contributed by atoms with van der Waals surface area (Å²) in [7, 11) is 0. The third-order valence-electron chi connectivity index (χ3n) is 1.48. The van der Waals surface area contributed by atoms with Crippen molar-refractivity contribution in [1.29, 1.82) is 0 Å². The Morgan fingerprint density at radius 2 is 2.17 bits per heavy atom. The molecule has 0 atom stereocenters. The molecule has 1 aromatic rings. The van der Waals surface area contributed by atoms with Gasteiger partial charge in [-0.15, -0.1) is 0 Å². The molecular formula is C8H9BrN2O. The summed E-state index contributed by atoms with van der Waals surface area (Å²) in [6.45, 7) is 0. The van der Waals surface area contributed by atoms with E-state index in [1.165, 1.54) is 5.56 Å². The van der Waals surface area contributed by atoms with E-state index in [1.54, 1.807) is 12.4 Å². The van der Waals surface area contributed by atoms with Gasteiger partial charge >= 0.3 is 0 Å². The number of aromatic nitrogens is 1. The van der Waals surface area contributed by atoms with Crippen molar-refractivity contribution in [3.05, 3.63) is 30.1 Å². The van der Waals surface area contributed by atoms with E-state index >= 15 is 0 Å². The van der Waals surface area contributed by atoms with E-state index in [0.717, 1.165) is 6.42 Å². The van der Waals surface area contributed by atoms with Crippen molar-refractivity contribution in [2.24, 2.45) is 5.16 Å². The molecule has 1 aromatic heterocycles. The molecule has 3 nitrogen and oxygen atoms in total. The van der Waals surface area contributed by atoms with E-state index in [2.05, 4.69) is 26.1 Å². The Morgan fingerprint density at radius 3 is 2.75 bits per heavy atom. The first-order chi connectivity index (χ1) is 5.83. The van der Waals surface area contributed by atoms with Crippen LogP contribution in [0.4, 0.5) is 0 Å². The third-order valence-corrected chi connectivity index (χ3v) is 2.03. The van der Waals surface area contributed by atoms with Crippen molar-refractivity contribution in [2.45, 2.75) is 12.8 Å². The number of aryl methyl sites for hydroxylation is 1. The Morgan fingerprint density at radius 1 is 1.50 bits per heavy atom. The highest BCUT2D eigenvalue weighted by Crippen LogP contribution is 2.04. The largest absolute Gasteiger partial charge is 0.410 e. The van der Waals surface area contributed by atoms with Crippen LogP contribution in [0, 0.1) is 0 Å². The van der Waals surface area contributed by atoms with Gasteiger partial charge in [0.25, 0.3) is 0 Å². The molecular weight excluding hydrogens is 220 g/mol. The first-order valence-corrected chi connectivity index (χ1v) is 4.37. The van der Waals surface area contributed by atoms with Gasteiger partial charge in [0.1, 0.15) is 4.62 Å². The summed E-state index contributed by atoms with van der Waals surface area (Å²) in [6.07, 6.45) is 5.06. The molecule has 0 radical (unpaired) electrons. The molecule has 1 N–H and O–H groups in total. The highest BCUT2D eigenvalue weighted by Gasteiger charge is 1.95. The monoisotopic (exact) mass is 228 g/mol. The van der Waals surface area contributed by atoms with Crippen molar-refractivity contribution in [3.63, 3.8) is 0 Å². The predicted octanol–water partition coefficient (Wildman–Crippen LogP) is 2.20.